The number of benzene rings is 1. The Labute approximate surface area is 104 Å². The van der Waals surface area contributed by atoms with E-state index in [4.69, 9.17) is 0 Å². The number of aryl methyl sites for hydroxylation is 1. The molecule has 0 amide bonds. The Hall–Kier alpha value is -0.790. The second-order valence-electron chi connectivity index (χ2n) is 3.01. The fourth-order valence-electron chi connectivity index (χ4n) is 1.17. The smallest absolute Gasteiger partial charge is 0.405 e. The highest BCUT2D eigenvalue weighted by Gasteiger charge is 2.32. The summed E-state index contributed by atoms with van der Waals surface area (Å²) in [6, 6.07) is 4.50. The quantitative estimate of drug-likeness (QED) is 0.619. The minimum atomic E-state index is -4.71. The Balaban J connectivity index is 2.93. The van der Waals surface area contributed by atoms with Gasteiger partial charge in [-0.25, -0.2) is 0 Å². The lowest BCUT2D eigenvalue weighted by atomic mass is 10.1. The van der Waals surface area contributed by atoms with Crippen LogP contribution in [0.4, 0.5) is 13.2 Å². The highest BCUT2D eigenvalue weighted by atomic mass is 127. The lowest BCUT2D eigenvalue weighted by Gasteiger charge is -2.13. The summed E-state index contributed by atoms with van der Waals surface area (Å²) in [6.07, 6.45) is -3.63. The fourth-order valence-corrected chi connectivity index (χ4v) is 1.63. The zero-order valence-corrected chi connectivity index (χ0v) is 10.2. The van der Waals surface area contributed by atoms with Crippen molar-refractivity contribution in [1.29, 1.82) is 0 Å². The molecule has 1 aromatic rings. The van der Waals surface area contributed by atoms with Crippen LogP contribution in [0.5, 0.6) is 5.75 Å². The van der Waals surface area contributed by atoms with Gasteiger partial charge in [0.1, 0.15) is 12.0 Å². The average molecular weight is 344 g/mol. The highest BCUT2D eigenvalue weighted by Crippen LogP contribution is 2.28. The third kappa shape index (κ3) is 4.38. The molecule has 0 heterocycles. The van der Waals surface area contributed by atoms with Crippen LogP contribution < -0.4 is 4.74 Å². The van der Waals surface area contributed by atoms with Crippen LogP contribution in [-0.2, 0) is 11.2 Å². The van der Waals surface area contributed by atoms with Gasteiger partial charge in [-0.05, 0) is 46.7 Å². The van der Waals surface area contributed by atoms with Crippen molar-refractivity contribution in [3.8, 4) is 5.75 Å². The van der Waals surface area contributed by atoms with Gasteiger partial charge in [0.25, 0.3) is 0 Å². The lowest BCUT2D eigenvalue weighted by Crippen LogP contribution is -2.18. The molecule has 0 aliphatic carbocycles. The summed E-state index contributed by atoms with van der Waals surface area (Å²) in [7, 11) is 0. The van der Waals surface area contributed by atoms with E-state index in [1.54, 1.807) is 6.07 Å². The summed E-state index contributed by atoms with van der Waals surface area (Å²) in [5.41, 5.74) is 0.379. The first kappa shape index (κ1) is 13.3. The lowest BCUT2D eigenvalue weighted by molar-refractivity contribution is -0.274. The van der Waals surface area contributed by atoms with Crippen LogP contribution in [0.2, 0.25) is 0 Å². The molecule has 0 unspecified atom stereocenters. The van der Waals surface area contributed by atoms with Gasteiger partial charge >= 0.3 is 6.36 Å². The minimum absolute atomic E-state index is 0.175. The van der Waals surface area contributed by atoms with Gasteiger partial charge in [-0.15, -0.1) is 13.2 Å². The maximum absolute atomic E-state index is 12.1. The Bertz CT molecular complexity index is 377. The normalized spacial score (nSPS) is 11.2. The molecule has 88 valence electrons. The molecule has 0 spiro atoms. The van der Waals surface area contributed by atoms with Crippen molar-refractivity contribution in [3.05, 3.63) is 27.3 Å². The molecule has 1 rings (SSSR count). The third-order valence-corrected chi connectivity index (χ3v) is 2.46. The molecule has 0 aliphatic rings. The summed E-state index contributed by atoms with van der Waals surface area (Å²) >= 11 is 1.89. The largest absolute Gasteiger partial charge is 0.573 e. The predicted molar refractivity (Wildman–Crippen MR) is 60.2 cm³/mol. The standard InChI is InChI=1S/C10H8F3IO2/c11-10(12,13)16-9-6-8(14)4-3-7(9)2-1-5-15/h3-6H,1-2H2. The molecule has 2 nitrogen and oxygen atoms in total. The van der Waals surface area contributed by atoms with E-state index in [1.807, 2.05) is 22.6 Å². The molecule has 0 aliphatic heterocycles. The van der Waals surface area contributed by atoms with Crippen molar-refractivity contribution in [1.82, 2.24) is 0 Å². The Morgan fingerprint density at radius 3 is 2.62 bits per heavy atom. The highest BCUT2D eigenvalue weighted by molar-refractivity contribution is 14.1. The zero-order valence-electron chi connectivity index (χ0n) is 8.05. The summed E-state index contributed by atoms with van der Waals surface area (Å²) in [6.45, 7) is 0. The molecule has 0 saturated carbocycles. The topological polar surface area (TPSA) is 26.3 Å². The van der Waals surface area contributed by atoms with Gasteiger partial charge in [0.05, 0.1) is 0 Å². The van der Waals surface area contributed by atoms with Crippen molar-refractivity contribution in [2.24, 2.45) is 0 Å². The third-order valence-electron chi connectivity index (χ3n) is 1.79. The number of halogens is 4. The molecule has 0 aromatic heterocycles. The van der Waals surface area contributed by atoms with E-state index in [1.165, 1.54) is 12.1 Å². The van der Waals surface area contributed by atoms with Crippen molar-refractivity contribution < 1.29 is 22.7 Å². The molecule has 0 saturated heterocycles. The van der Waals surface area contributed by atoms with E-state index in [2.05, 4.69) is 4.74 Å². The summed E-state index contributed by atoms with van der Waals surface area (Å²) in [5.74, 6) is -0.235. The van der Waals surface area contributed by atoms with E-state index in [0.717, 1.165) is 0 Å². The molecule has 6 heteroatoms. The number of carbonyl (C=O) groups is 1. The molecule has 16 heavy (non-hydrogen) atoms. The molecule has 1 aromatic carbocycles. The van der Waals surface area contributed by atoms with Crippen LogP contribution in [0.15, 0.2) is 18.2 Å². The van der Waals surface area contributed by atoms with Crippen molar-refractivity contribution in [2.75, 3.05) is 0 Å². The number of alkyl halides is 3. The summed E-state index contributed by atoms with van der Waals surface area (Å²) in [4.78, 5) is 10.2. The number of aldehydes is 1. The molecule has 0 N–H and O–H groups in total. The number of rotatable bonds is 4. The van der Waals surface area contributed by atoms with E-state index in [0.29, 0.717) is 15.4 Å². The summed E-state index contributed by atoms with van der Waals surface area (Å²) < 4.78 is 40.8. The van der Waals surface area contributed by atoms with Gasteiger partial charge in [-0.2, -0.15) is 0 Å². The van der Waals surface area contributed by atoms with Crippen LogP contribution in [0.3, 0.4) is 0 Å². The number of carbonyl (C=O) groups excluding carboxylic acids is 1. The Kier molecular flexibility index (Phi) is 4.57. The monoisotopic (exact) mass is 344 g/mol. The second-order valence-corrected chi connectivity index (χ2v) is 4.25. The SMILES string of the molecule is O=CCCc1ccc(I)cc1OC(F)(F)F. The fraction of sp³-hybridized carbons (Fsp3) is 0.300. The van der Waals surface area contributed by atoms with Gasteiger partial charge in [0, 0.05) is 9.99 Å². The second kappa shape index (κ2) is 5.51. The Morgan fingerprint density at radius 1 is 1.38 bits per heavy atom. The van der Waals surface area contributed by atoms with Gasteiger partial charge in [0.15, 0.2) is 0 Å². The van der Waals surface area contributed by atoms with Crippen molar-refractivity contribution >= 4 is 28.9 Å². The van der Waals surface area contributed by atoms with Gasteiger partial charge in [-0.3, -0.25) is 0 Å². The number of ether oxygens (including phenoxy) is 1. The van der Waals surface area contributed by atoms with Gasteiger partial charge in [0.2, 0.25) is 0 Å². The molecule has 0 fully saturated rings. The maximum atomic E-state index is 12.1. The van der Waals surface area contributed by atoms with E-state index >= 15 is 0 Å². The van der Waals surface area contributed by atoms with Crippen LogP contribution >= 0.6 is 22.6 Å². The Morgan fingerprint density at radius 2 is 2.06 bits per heavy atom. The van der Waals surface area contributed by atoms with Crippen LogP contribution in [-0.4, -0.2) is 12.6 Å². The molecule has 0 radical (unpaired) electrons. The first-order chi connectivity index (χ1) is 7.42. The predicted octanol–water partition coefficient (Wildman–Crippen LogP) is 3.32. The molecular weight excluding hydrogens is 336 g/mol. The average Bonchev–Trinajstić information content (AvgIpc) is 2.14. The van der Waals surface area contributed by atoms with Crippen LogP contribution in [0.1, 0.15) is 12.0 Å². The number of hydrogen-bond acceptors (Lipinski definition) is 2. The molecule has 0 atom stereocenters. The molecule has 0 bridgehead atoms. The first-order valence-electron chi connectivity index (χ1n) is 4.40. The van der Waals surface area contributed by atoms with Crippen LogP contribution in [0, 0.1) is 3.57 Å². The molecular formula is C10H8F3IO2. The number of hydrogen-bond donors (Lipinski definition) is 0. The van der Waals surface area contributed by atoms with Crippen molar-refractivity contribution in [3.63, 3.8) is 0 Å². The van der Waals surface area contributed by atoms with E-state index in [-0.39, 0.29) is 18.6 Å². The van der Waals surface area contributed by atoms with Crippen LogP contribution in [0.25, 0.3) is 0 Å². The maximum Gasteiger partial charge on any atom is 0.573 e. The minimum Gasteiger partial charge on any atom is -0.405 e. The van der Waals surface area contributed by atoms with Gasteiger partial charge < -0.3 is 9.53 Å². The van der Waals surface area contributed by atoms with Gasteiger partial charge in [-0.1, -0.05) is 6.07 Å². The first-order valence-corrected chi connectivity index (χ1v) is 5.48. The van der Waals surface area contributed by atoms with E-state index < -0.39 is 6.36 Å². The van der Waals surface area contributed by atoms with E-state index in [9.17, 15) is 18.0 Å². The summed E-state index contributed by atoms with van der Waals surface area (Å²) in [5, 5.41) is 0. The van der Waals surface area contributed by atoms with Crippen molar-refractivity contribution in [2.45, 2.75) is 19.2 Å². The zero-order chi connectivity index (χ0) is 12.2.